The van der Waals surface area contributed by atoms with Crippen molar-refractivity contribution >= 4 is 16.8 Å². The molecular weight excluding hydrogens is 228 g/mol. The molecule has 1 unspecified atom stereocenters. The Morgan fingerprint density at radius 3 is 2.72 bits per heavy atom. The molecule has 0 aliphatic carbocycles. The molecule has 0 saturated carbocycles. The Kier molecular flexibility index (Phi) is 2.55. The number of aliphatic imine (C=N–C) groups is 1. The van der Waals surface area contributed by atoms with Gasteiger partial charge in [-0.3, -0.25) is 0 Å². The van der Waals surface area contributed by atoms with Crippen LogP contribution in [0.3, 0.4) is 0 Å². The van der Waals surface area contributed by atoms with E-state index in [1.807, 2.05) is 24.3 Å². The van der Waals surface area contributed by atoms with E-state index in [1.54, 1.807) is 7.11 Å². The van der Waals surface area contributed by atoms with E-state index in [0.29, 0.717) is 6.54 Å². The molecule has 92 valence electrons. The zero-order valence-electron chi connectivity index (χ0n) is 10.1. The van der Waals surface area contributed by atoms with Gasteiger partial charge in [0.2, 0.25) is 0 Å². The monoisotopic (exact) mass is 242 g/mol. The smallest absolute Gasteiger partial charge is 0.282 e. The molecule has 1 atom stereocenters. The first kappa shape index (κ1) is 10.9. The predicted octanol–water partition coefficient (Wildman–Crippen LogP) is 2.23. The Morgan fingerprint density at radius 1 is 1.22 bits per heavy atom. The summed E-state index contributed by atoms with van der Waals surface area (Å²) in [6, 6.07) is 12.5. The number of ether oxygens (including phenoxy) is 2. The fourth-order valence-corrected chi connectivity index (χ4v) is 2.14. The number of hydrogen-bond acceptors (Lipinski definition) is 4. The van der Waals surface area contributed by atoms with Gasteiger partial charge in [-0.1, -0.05) is 18.2 Å². The minimum atomic E-state index is -0.0588. The van der Waals surface area contributed by atoms with Crippen molar-refractivity contribution in [2.45, 2.75) is 6.10 Å². The van der Waals surface area contributed by atoms with Crippen molar-refractivity contribution < 1.29 is 9.47 Å². The van der Waals surface area contributed by atoms with Crippen LogP contribution in [0.15, 0.2) is 41.4 Å². The summed E-state index contributed by atoms with van der Waals surface area (Å²) in [6.07, 6.45) is -0.0588. The van der Waals surface area contributed by atoms with Crippen LogP contribution in [0.4, 0.5) is 0 Å². The van der Waals surface area contributed by atoms with Gasteiger partial charge in [0.15, 0.2) is 0 Å². The highest BCUT2D eigenvalue weighted by Crippen LogP contribution is 2.27. The Labute approximate surface area is 105 Å². The molecule has 4 heteroatoms. The van der Waals surface area contributed by atoms with Crippen molar-refractivity contribution in [1.29, 1.82) is 0 Å². The maximum atomic E-state index is 5.52. The van der Waals surface area contributed by atoms with Crippen molar-refractivity contribution in [2.75, 3.05) is 13.7 Å². The van der Waals surface area contributed by atoms with Gasteiger partial charge in [0.25, 0.3) is 6.02 Å². The summed E-state index contributed by atoms with van der Waals surface area (Å²) in [6.45, 7) is 0.591. The summed E-state index contributed by atoms with van der Waals surface area (Å²) in [7, 11) is 1.67. The molecule has 0 saturated heterocycles. The molecule has 0 fully saturated rings. The zero-order valence-corrected chi connectivity index (χ0v) is 10.1. The SMILES string of the molecule is COc1ccc2cc(C3CN=C(N)O3)ccc2c1. The molecule has 0 radical (unpaired) electrons. The van der Waals surface area contributed by atoms with E-state index in [0.717, 1.165) is 22.1 Å². The fourth-order valence-electron chi connectivity index (χ4n) is 2.14. The molecule has 4 nitrogen and oxygen atoms in total. The second-order valence-corrected chi connectivity index (χ2v) is 4.26. The molecule has 1 aliphatic heterocycles. The highest BCUT2D eigenvalue weighted by Gasteiger charge is 2.19. The van der Waals surface area contributed by atoms with Crippen LogP contribution in [0.25, 0.3) is 10.8 Å². The minimum absolute atomic E-state index is 0.0588. The fraction of sp³-hybridized carbons (Fsp3) is 0.214. The summed E-state index contributed by atoms with van der Waals surface area (Å²) in [5.74, 6) is 0.861. The van der Waals surface area contributed by atoms with E-state index in [1.165, 1.54) is 0 Å². The van der Waals surface area contributed by atoms with Gasteiger partial charge >= 0.3 is 0 Å². The van der Waals surface area contributed by atoms with Crippen LogP contribution in [-0.4, -0.2) is 19.7 Å². The average Bonchev–Trinajstić information content (AvgIpc) is 2.84. The molecule has 0 bridgehead atoms. The van der Waals surface area contributed by atoms with Crippen molar-refractivity contribution in [1.82, 2.24) is 0 Å². The topological polar surface area (TPSA) is 56.8 Å². The number of benzene rings is 2. The molecule has 3 rings (SSSR count). The lowest BCUT2D eigenvalue weighted by atomic mass is 10.0. The van der Waals surface area contributed by atoms with Crippen LogP contribution in [0.1, 0.15) is 11.7 Å². The van der Waals surface area contributed by atoms with E-state index in [2.05, 4.69) is 17.1 Å². The van der Waals surface area contributed by atoms with E-state index >= 15 is 0 Å². The van der Waals surface area contributed by atoms with Gasteiger partial charge in [-0.25, -0.2) is 4.99 Å². The second-order valence-electron chi connectivity index (χ2n) is 4.26. The number of fused-ring (bicyclic) bond motifs is 1. The van der Waals surface area contributed by atoms with Crippen LogP contribution in [0.5, 0.6) is 5.75 Å². The maximum Gasteiger partial charge on any atom is 0.282 e. The molecule has 0 amide bonds. The van der Waals surface area contributed by atoms with E-state index in [-0.39, 0.29) is 12.1 Å². The van der Waals surface area contributed by atoms with Gasteiger partial charge in [0.1, 0.15) is 11.9 Å². The third-order valence-electron chi connectivity index (χ3n) is 3.12. The summed E-state index contributed by atoms with van der Waals surface area (Å²) in [5, 5.41) is 2.30. The third-order valence-corrected chi connectivity index (χ3v) is 3.12. The lowest BCUT2D eigenvalue weighted by Gasteiger charge is -2.11. The number of methoxy groups -OCH3 is 1. The Hall–Kier alpha value is -2.23. The van der Waals surface area contributed by atoms with Crippen molar-refractivity contribution in [3.63, 3.8) is 0 Å². The first-order valence-electron chi connectivity index (χ1n) is 5.80. The molecule has 2 aromatic rings. The number of amidine groups is 1. The molecule has 1 heterocycles. The first-order chi connectivity index (χ1) is 8.76. The Bertz CT molecular complexity index is 622. The summed E-state index contributed by atoms with van der Waals surface area (Å²) < 4.78 is 10.7. The van der Waals surface area contributed by atoms with Crippen LogP contribution < -0.4 is 10.5 Å². The average molecular weight is 242 g/mol. The lowest BCUT2D eigenvalue weighted by Crippen LogP contribution is -2.13. The van der Waals surface area contributed by atoms with Crippen LogP contribution in [0.2, 0.25) is 0 Å². The second kappa shape index (κ2) is 4.22. The van der Waals surface area contributed by atoms with Gasteiger partial charge < -0.3 is 15.2 Å². The summed E-state index contributed by atoms with van der Waals surface area (Å²) in [5.41, 5.74) is 6.62. The molecule has 2 N–H and O–H groups in total. The largest absolute Gasteiger partial charge is 0.497 e. The van der Waals surface area contributed by atoms with Crippen LogP contribution >= 0.6 is 0 Å². The molecule has 0 spiro atoms. The molecule has 1 aliphatic rings. The Balaban J connectivity index is 1.96. The first-order valence-corrected chi connectivity index (χ1v) is 5.80. The normalized spacial score (nSPS) is 18.5. The van der Waals surface area contributed by atoms with E-state index in [4.69, 9.17) is 15.2 Å². The Morgan fingerprint density at radius 2 is 2.00 bits per heavy atom. The highest BCUT2D eigenvalue weighted by molar-refractivity contribution is 5.84. The third kappa shape index (κ3) is 1.86. The molecule has 2 aromatic carbocycles. The van der Waals surface area contributed by atoms with E-state index < -0.39 is 0 Å². The molecular formula is C14H14N2O2. The zero-order chi connectivity index (χ0) is 12.5. The summed E-state index contributed by atoms with van der Waals surface area (Å²) in [4.78, 5) is 4.05. The summed E-state index contributed by atoms with van der Waals surface area (Å²) >= 11 is 0. The van der Waals surface area contributed by atoms with Crippen LogP contribution in [-0.2, 0) is 4.74 Å². The van der Waals surface area contributed by atoms with Gasteiger partial charge in [-0.2, -0.15) is 0 Å². The minimum Gasteiger partial charge on any atom is -0.497 e. The lowest BCUT2D eigenvalue weighted by molar-refractivity contribution is 0.226. The maximum absolute atomic E-state index is 5.52. The standard InChI is InChI=1S/C14H14N2O2/c1-17-12-5-4-9-6-11(3-2-10(9)7-12)13-8-16-14(15)18-13/h2-7,13H,8H2,1H3,(H2,15,16). The van der Waals surface area contributed by atoms with Crippen molar-refractivity contribution in [3.8, 4) is 5.75 Å². The van der Waals surface area contributed by atoms with Gasteiger partial charge in [-0.05, 0) is 34.5 Å². The van der Waals surface area contributed by atoms with Gasteiger partial charge in [-0.15, -0.1) is 0 Å². The van der Waals surface area contributed by atoms with Gasteiger partial charge in [0.05, 0.1) is 13.7 Å². The number of hydrogen-bond donors (Lipinski definition) is 1. The van der Waals surface area contributed by atoms with Crippen molar-refractivity contribution in [3.05, 3.63) is 42.0 Å². The molecule has 18 heavy (non-hydrogen) atoms. The number of nitrogens with zero attached hydrogens (tertiary/aromatic N) is 1. The number of nitrogens with two attached hydrogens (primary N) is 1. The van der Waals surface area contributed by atoms with E-state index in [9.17, 15) is 0 Å². The quantitative estimate of drug-likeness (QED) is 0.878. The van der Waals surface area contributed by atoms with Crippen LogP contribution in [0, 0.1) is 0 Å². The number of rotatable bonds is 2. The highest BCUT2D eigenvalue weighted by atomic mass is 16.5. The molecule has 0 aromatic heterocycles. The van der Waals surface area contributed by atoms with Crippen molar-refractivity contribution in [2.24, 2.45) is 10.7 Å². The predicted molar refractivity (Wildman–Crippen MR) is 70.8 cm³/mol. The van der Waals surface area contributed by atoms with Gasteiger partial charge in [0, 0.05) is 0 Å².